The normalized spacial score (nSPS) is 14.6. The molecule has 7 nitrogen and oxygen atoms in total. The molecule has 0 amide bonds. The van der Waals surface area contributed by atoms with Crippen LogP contribution >= 0.6 is 0 Å². The van der Waals surface area contributed by atoms with E-state index in [0.717, 1.165) is 0 Å². The van der Waals surface area contributed by atoms with Crippen molar-refractivity contribution in [3.63, 3.8) is 0 Å². The molecule has 0 saturated carbocycles. The molecule has 1 atom stereocenters. The number of nitro groups is 1. The first-order valence-corrected chi connectivity index (χ1v) is 4.03. The minimum atomic E-state index is -5.46. The standard InChI is InChI=1S/C7H8F3NO6/c1-4(12)17-6(3-11(14)15,5(13)16-2)7(8,9)10/h3H2,1-2H3/t6-/m0/s1. The van der Waals surface area contributed by atoms with E-state index in [0.29, 0.717) is 14.0 Å². The first kappa shape index (κ1) is 15.1. The second-order valence-electron chi connectivity index (χ2n) is 2.90. The second kappa shape index (κ2) is 4.97. The summed E-state index contributed by atoms with van der Waals surface area (Å²) in [5.41, 5.74) is -3.92. The van der Waals surface area contributed by atoms with Crippen LogP contribution in [0.4, 0.5) is 13.2 Å². The number of nitrogens with zero attached hydrogens (tertiary/aromatic N) is 1. The summed E-state index contributed by atoms with van der Waals surface area (Å²) in [7, 11) is 0.590. The van der Waals surface area contributed by atoms with Gasteiger partial charge >= 0.3 is 23.7 Å². The maximum absolute atomic E-state index is 12.7. The van der Waals surface area contributed by atoms with Crippen LogP contribution in [-0.2, 0) is 19.1 Å². The van der Waals surface area contributed by atoms with Gasteiger partial charge in [-0.2, -0.15) is 13.2 Å². The van der Waals surface area contributed by atoms with E-state index in [4.69, 9.17) is 0 Å². The number of halogens is 3. The minimum Gasteiger partial charge on any atom is -0.466 e. The molecular formula is C7H8F3NO6. The summed E-state index contributed by atoms with van der Waals surface area (Å²) in [6, 6.07) is 0. The van der Waals surface area contributed by atoms with Gasteiger partial charge in [-0.1, -0.05) is 0 Å². The fourth-order valence-electron chi connectivity index (χ4n) is 0.994. The zero-order valence-corrected chi connectivity index (χ0v) is 8.74. The number of methoxy groups -OCH3 is 1. The van der Waals surface area contributed by atoms with Crippen LogP contribution in [0.3, 0.4) is 0 Å². The van der Waals surface area contributed by atoms with Crippen molar-refractivity contribution in [2.75, 3.05) is 13.7 Å². The van der Waals surface area contributed by atoms with E-state index in [2.05, 4.69) is 9.47 Å². The summed E-state index contributed by atoms with van der Waals surface area (Å²) in [6.07, 6.45) is -5.46. The van der Waals surface area contributed by atoms with Gasteiger partial charge in [0.25, 0.3) is 6.54 Å². The Kier molecular flexibility index (Phi) is 4.43. The zero-order valence-electron chi connectivity index (χ0n) is 8.74. The maximum atomic E-state index is 12.7. The van der Waals surface area contributed by atoms with Crippen molar-refractivity contribution in [1.29, 1.82) is 0 Å². The Morgan fingerprint density at radius 2 is 1.82 bits per heavy atom. The third-order valence-corrected chi connectivity index (χ3v) is 1.64. The lowest BCUT2D eigenvalue weighted by Gasteiger charge is -2.28. The van der Waals surface area contributed by atoms with Crippen molar-refractivity contribution in [3.8, 4) is 0 Å². The van der Waals surface area contributed by atoms with Crippen molar-refractivity contribution in [2.45, 2.75) is 18.7 Å². The molecule has 17 heavy (non-hydrogen) atoms. The van der Waals surface area contributed by atoms with Crippen LogP contribution in [0.25, 0.3) is 0 Å². The van der Waals surface area contributed by atoms with E-state index >= 15 is 0 Å². The third kappa shape index (κ3) is 3.29. The van der Waals surface area contributed by atoms with Crippen molar-refractivity contribution < 1.29 is 37.2 Å². The topological polar surface area (TPSA) is 95.7 Å². The number of rotatable bonds is 4. The van der Waals surface area contributed by atoms with E-state index < -0.39 is 35.2 Å². The highest BCUT2D eigenvalue weighted by Crippen LogP contribution is 2.35. The molecule has 0 bridgehead atoms. The fourth-order valence-corrected chi connectivity index (χ4v) is 0.994. The molecule has 0 N–H and O–H groups in total. The van der Waals surface area contributed by atoms with Crippen LogP contribution < -0.4 is 0 Å². The lowest BCUT2D eigenvalue weighted by Crippen LogP contribution is -2.60. The van der Waals surface area contributed by atoms with E-state index in [1.54, 1.807) is 0 Å². The quantitative estimate of drug-likeness (QED) is 0.409. The van der Waals surface area contributed by atoms with E-state index in [9.17, 15) is 32.9 Å². The predicted octanol–water partition coefficient (Wildman–Crippen LogP) is 0.300. The number of carbonyl (C=O) groups is 2. The molecular weight excluding hydrogens is 251 g/mol. The van der Waals surface area contributed by atoms with Gasteiger partial charge in [-0.3, -0.25) is 14.9 Å². The number of hydrogen-bond acceptors (Lipinski definition) is 6. The van der Waals surface area contributed by atoms with E-state index in [1.807, 2.05) is 0 Å². The predicted molar refractivity (Wildman–Crippen MR) is 44.4 cm³/mol. The summed E-state index contributed by atoms with van der Waals surface area (Å²) < 4.78 is 45.5. The van der Waals surface area contributed by atoms with Crippen LogP contribution in [0, 0.1) is 10.1 Å². The highest BCUT2D eigenvalue weighted by atomic mass is 19.4. The average Bonchev–Trinajstić information content (AvgIpc) is 2.11. The molecule has 0 heterocycles. The van der Waals surface area contributed by atoms with Gasteiger partial charge in [-0.25, -0.2) is 4.79 Å². The molecule has 0 fully saturated rings. The van der Waals surface area contributed by atoms with Gasteiger partial charge in [-0.05, 0) is 0 Å². The molecule has 0 rings (SSSR count). The minimum absolute atomic E-state index is 0.587. The highest BCUT2D eigenvalue weighted by Gasteiger charge is 2.69. The van der Waals surface area contributed by atoms with Crippen LogP contribution in [0.15, 0.2) is 0 Å². The van der Waals surface area contributed by atoms with Gasteiger partial charge < -0.3 is 9.47 Å². The van der Waals surface area contributed by atoms with E-state index in [-0.39, 0.29) is 0 Å². The van der Waals surface area contributed by atoms with Crippen LogP contribution in [0.5, 0.6) is 0 Å². The molecule has 0 saturated heterocycles. The Labute approximate surface area is 92.6 Å². The van der Waals surface area contributed by atoms with Crippen LogP contribution in [-0.4, -0.2) is 42.3 Å². The summed E-state index contributed by atoms with van der Waals surface area (Å²) in [4.78, 5) is 30.3. The summed E-state index contributed by atoms with van der Waals surface area (Å²) in [5, 5.41) is 10.2. The number of ether oxygens (including phenoxy) is 2. The largest absolute Gasteiger partial charge is 0.466 e. The van der Waals surface area contributed by atoms with Gasteiger partial charge in [0.15, 0.2) is 0 Å². The fraction of sp³-hybridized carbons (Fsp3) is 0.714. The van der Waals surface area contributed by atoms with Crippen molar-refractivity contribution in [2.24, 2.45) is 0 Å². The smallest absolute Gasteiger partial charge is 0.446 e. The van der Waals surface area contributed by atoms with Crippen LogP contribution in [0.1, 0.15) is 6.92 Å². The Balaban J connectivity index is 5.60. The van der Waals surface area contributed by atoms with Gasteiger partial charge in [0.2, 0.25) is 0 Å². The molecule has 0 aromatic rings. The Morgan fingerprint density at radius 1 is 1.35 bits per heavy atom. The highest BCUT2D eigenvalue weighted by molar-refractivity contribution is 5.84. The molecule has 0 aromatic carbocycles. The monoisotopic (exact) mass is 259 g/mol. The Morgan fingerprint density at radius 3 is 2.06 bits per heavy atom. The third-order valence-electron chi connectivity index (χ3n) is 1.64. The van der Waals surface area contributed by atoms with Gasteiger partial charge in [-0.15, -0.1) is 0 Å². The van der Waals surface area contributed by atoms with E-state index in [1.165, 1.54) is 0 Å². The molecule has 0 aliphatic rings. The zero-order chi connectivity index (χ0) is 13.9. The summed E-state index contributed by atoms with van der Waals surface area (Å²) >= 11 is 0. The lowest BCUT2D eigenvalue weighted by molar-refractivity contribution is -0.510. The first-order valence-electron chi connectivity index (χ1n) is 4.03. The van der Waals surface area contributed by atoms with Gasteiger partial charge in [0, 0.05) is 11.8 Å². The molecule has 0 spiro atoms. The number of hydrogen-bond donors (Lipinski definition) is 0. The molecule has 0 aliphatic carbocycles. The first-order chi connectivity index (χ1) is 7.56. The number of esters is 2. The van der Waals surface area contributed by atoms with Gasteiger partial charge in [0.1, 0.15) is 0 Å². The Hall–Kier alpha value is -1.87. The molecule has 0 aromatic heterocycles. The average molecular weight is 259 g/mol. The summed E-state index contributed by atoms with van der Waals surface area (Å²) in [6.45, 7) is -1.37. The van der Waals surface area contributed by atoms with Crippen molar-refractivity contribution in [1.82, 2.24) is 0 Å². The molecule has 0 radical (unpaired) electrons. The van der Waals surface area contributed by atoms with Crippen LogP contribution in [0.2, 0.25) is 0 Å². The second-order valence-corrected chi connectivity index (χ2v) is 2.90. The summed E-state index contributed by atoms with van der Waals surface area (Å²) in [5.74, 6) is -3.55. The van der Waals surface area contributed by atoms with Crippen molar-refractivity contribution in [3.05, 3.63) is 10.1 Å². The molecule has 10 heteroatoms. The van der Waals surface area contributed by atoms with Crippen molar-refractivity contribution >= 4 is 11.9 Å². The molecule has 0 aliphatic heterocycles. The molecule has 98 valence electrons. The molecule has 0 unspecified atom stereocenters. The SMILES string of the molecule is COC(=O)[C@](C[N+](=O)[O-])(OC(C)=O)C(F)(F)F. The Bertz CT molecular complexity index is 323. The lowest BCUT2D eigenvalue weighted by atomic mass is 10.0. The number of carbonyl (C=O) groups excluding carboxylic acids is 2. The maximum Gasteiger partial charge on any atom is 0.446 e. The van der Waals surface area contributed by atoms with Gasteiger partial charge in [0.05, 0.1) is 7.11 Å². The number of alkyl halides is 3.